The first-order valence-electron chi connectivity index (χ1n) is 7.84. The molecule has 26 heavy (non-hydrogen) atoms. The molecule has 0 radical (unpaired) electrons. The van der Waals surface area contributed by atoms with Crippen LogP contribution in [0.2, 0.25) is 0 Å². The van der Waals surface area contributed by atoms with Gasteiger partial charge in [0.05, 0.1) is 11.0 Å². The Kier molecular flexibility index (Phi) is 7.76. The molecule has 2 N–H and O–H groups in total. The minimum Gasteiger partial charge on any atom is -0.356 e. The van der Waals surface area contributed by atoms with Crippen LogP contribution in [0.5, 0.6) is 0 Å². The summed E-state index contributed by atoms with van der Waals surface area (Å²) in [5.74, 6) is 1.23. The van der Waals surface area contributed by atoms with Crippen LogP contribution in [0, 0.1) is 5.82 Å². The molecule has 2 aromatic heterocycles. The van der Waals surface area contributed by atoms with Crippen LogP contribution < -0.4 is 10.6 Å². The van der Waals surface area contributed by atoms with Gasteiger partial charge in [0.1, 0.15) is 5.82 Å². The van der Waals surface area contributed by atoms with E-state index < -0.39 is 0 Å². The van der Waals surface area contributed by atoms with E-state index >= 15 is 0 Å². The van der Waals surface area contributed by atoms with Crippen molar-refractivity contribution in [3.05, 3.63) is 64.3 Å². The van der Waals surface area contributed by atoms with Crippen LogP contribution in [0.4, 0.5) is 4.39 Å². The van der Waals surface area contributed by atoms with E-state index in [4.69, 9.17) is 0 Å². The molecule has 3 aromatic rings. The number of benzene rings is 1. The summed E-state index contributed by atoms with van der Waals surface area (Å²) >= 11 is 3.20. The minimum absolute atomic E-state index is 0. The van der Waals surface area contributed by atoms with Crippen molar-refractivity contribution in [2.24, 2.45) is 4.99 Å². The average Bonchev–Trinajstić information content (AvgIpc) is 3.04. The third-order valence-electron chi connectivity index (χ3n) is 3.71. The largest absolute Gasteiger partial charge is 0.356 e. The van der Waals surface area contributed by atoms with Crippen molar-refractivity contribution in [1.29, 1.82) is 0 Å². The second kappa shape index (κ2) is 9.81. The predicted octanol–water partition coefficient (Wildman–Crippen LogP) is 3.16. The first-order valence-corrected chi connectivity index (χ1v) is 8.64. The number of aliphatic imine (C=N–C) groups is 1. The van der Waals surface area contributed by atoms with Gasteiger partial charge >= 0.3 is 0 Å². The molecular weight excluding hydrogens is 514 g/mol. The van der Waals surface area contributed by atoms with Crippen LogP contribution in [0.1, 0.15) is 11.4 Å². The fourth-order valence-electron chi connectivity index (χ4n) is 2.42. The number of rotatable bonds is 5. The Labute approximate surface area is 176 Å². The van der Waals surface area contributed by atoms with E-state index in [1.807, 2.05) is 28.8 Å². The van der Waals surface area contributed by atoms with Gasteiger partial charge in [-0.25, -0.2) is 4.39 Å². The topological polar surface area (TPSA) is 66.6 Å². The van der Waals surface area contributed by atoms with E-state index in [0.717, 1.165) is 23.5 Å². The quantitative estimate of drug-likeness (QED) is 0.301. The molecule has 0 saturated heterocycles. The molecule has 6 nitrogen and oxygen atoms in total. The average molecular weight is 533 g/mol. The summed E-state index contributed by atoms with van der Waals surface area (Å²) in [6.45, 7) is 1.19. The summed E-state index contributed by atoms with van der Waals surface area (Å²) in [5.41, 5.74) is 1.85. The van der Waals surface area contributed by atoms with Gasteiger partial charge in [-0.3, -0.25) is 9.39 Å². The second-order valence-electron chi connectivity index (χ2n) is 5.40. The number of nitrogens with one attached hydrogen (secondary N) is 2. The number of hydrogen-bond donors (Lipinski definition) is 2. The third-order valence-corrected chi connectivity index (χ3v) is 4.32. The molecule has 0 aliphatic rings. The number of nitrogens with zero attached hydrogens (tertiary/aromatic N) is 4. The first kappa shape index (κ1) is 20.6. The zero-order valence-corrected chi connectivity index (χ0v) is 18.0. The fraction of sp³-hybridized carbons (Fsp3) is 0.235. The lowest BCUT2D eigenvalue weighted by Gasteiger charge is -2.11. The van der Waals surface area contributed by atoms with Crippen LogP contribution in [0.15, 0.2) is 52.1 Å². The van der Waals surface area contributed by atoms with Gasteiger partial charge in [0.2, 0.25) is 0 Å². The highest BCUT2D eigenvalue weighted by atomic mass is 127. The Morgan fingerprint density at radius 3 is 2.85 bits per heavy atom. The molecule has 0 amide bonds. The van der Waals surface area contributed by atoms with Gasteiger partial charge in [-0.05, 0) is 52.2 Å². The molecular formula is C17H19BrFIN6. The van der Waals surface area contributed by atoms with Crippen molar-refractivity contribution < 1.29 is 4.39 Å². The summed E-state index contributed by atoms with van der Waals surface area (Å²) in [6.07, 6.45) is 2.68. The lowest BCUT2D eigenvalue weighted by Crippen LogP contribution is -2.38. The Morgan fingerprint density at radius 2 is 2.08 bits per heavy atom. The second-order valence-corrected chi connectivity index (χ2v) is 6.25. The van der Waals surface area contributed by atoms with E-state index in [2.05, 4.69) is 41.8 Å². The van der Waals surface area contributed by atoms with Gasteiger partial charge < -0.3 is 10.6 Å². The molecule has 0 unspecified atom stereocenters. The summed E-state index contributed by atoms with van der Waals surface area (Å²) in [4.78, 5) is 4.20. The number of halogens is 3. The Morgan fingerprint density at radius 1 is 1.23 bits per heavy atom. The zero-order valence-electron chi connectivity index (χ0n) is 14.1. The van der Waals surface area contributed by atoms with Gasteiger partial charge in [0, 0.05) is 19.8 Å². The molecule has 138 valence electrons. The molecule has 9 heteroatoms. The Bertz CT molecular complexity index is 898. The van der Waals surface area contributed by atoms with Crippen LogP contribution in [0.3, 0.4) is 0 Å². The van der Waals surface area contributed by atoms with Crippen molar-refractivity contribution in [1.82, 2.24) is 25.2 Å². The molecule has 0 saturated carbocycles. The van der Waals surface area contributed by atoms with Crippen molar-refractivity contribution in [2.45, 2.75) is 13.0 Å². The van der Waals surface area contributed by atoms with Gasteiger partial charge in [0.15, 0.2) is 17.4 Å². The maximum atomic E-state index is 13.2. The van der Waals surface area contributed by atoms with Crippen LogP contribution in [0.25, 0.3) is 5.65 Å². The van der Waals surface area contributed by atoms with Gasteiger partial charge in [-0.1, -0.05) is 12.1 Å². The third kappa shape index (κ3) is 5.13. The Balaban J connectivity index is 0.00000243. The maximum Gasteiger partial charge on any atom is 0.191 e. The van der Waals surface area contributed by atoms with Crippen molar-refractivity contribution in [2.75, 3.05) is 13.6 Å². The lowest BCUT2D eigenvalue weighted by molar-refractivity contribution is 0.620. The predicted molar refractivity (Wildman–Crippen MR) is 114 cm³/mol. The first-order chi connectivity index (χ1) is 12.2. The number of aromatic nitrogens is 3. The number of pyridine rings is 1. The molecule has 0 fully saturated rings. The molecule has 0 aliphatic heterocycles. The molecule has 0 aliphatic carbocycles. The lowest BCUT2D eigenvalue weighted by atomic mass is 10.1. The van der Waals surface area contributed by atoms with Crippen molar-refractivity contribution in [3.63, 3.8) is 0 Å². The summed E-state index contributed by atoms with van der Waals surface area (Å²) < 4.78 is 15.6. The molecule has 0 atom stereocenters. The van der Waals surface area contributed by atoms with Crippen LogP contribution in [-0.2, 0) is 13.0 Å². The molecule has 2 heterocycles. The van der Waals surface area contributed by atoms with Crippen molar-refractivity contribution >= 4 is 51.5 Å². The molecule has 3 rings (SSSR count). The van der Waals surface area contributed by atoms with E-state index in [9.17, 15) is 4.39 Å². The highest BCUT2D eigenvalue weighted by Crippen LogP contribution is 2.16. The van der Waals surface area contributed by atoms with E-state index in [1.165, 1.54) is 6.07 Å². The van der Waals surface area contributed by atoms with Crippen molar-refractivity contribution in [3.8, 4) is 0 Å². The number of guanidine groups is 1. The van der Waals surface area contributed by atoms with E-state index in [1.54, 1.807) is 19.2 Å². The standard InChI is InChI=1S/C17H18BrFN6.HI/c1-20-17(21-8-7-12-5-6-14(19)13(18)10-12)22-11-16-24-23-15-4-2-3-9-25(15)16;/h2-6,9-10H,7-8,11H2,1H3,(H2,20,21,22);1H. The Hall–Kier alpha value is -1.75. The van der Waals surface area contributed by atoms with Gasteiger partial charge in [-0.2, -0.15) is 0 Å². The highest BCUT2D eigenvalue weighted by Gasteiger charge is 2.06. The monoisotopic (exact) mass is 532 g/mol. The number of hydrogen-bond acceptors (Lipinski definition) is 3. The van der Waals surface area contributed by atoms with Gasteiger partial charge in [0.25, 0.3) is 0 Å². The summed E-state index contributed by atoms with van der Waals surface area (Å²) in [7, 11) is 1.71. The molecule has 0 bridgehead atoms. The SMILES string of the molecule is CN=C(NCCc1ccc(F)c(Br)c1)NCc1nnc2ccccn12.I. The van der Waals surface area contributed by atoms with Gasteiger partial charge in [-0.15, -0.1) is 34.2 Å². The zero-order chi connectivity index (χ0) is 17.6. The molecule has 1 aromatic carbocycles. The minimum atomic E-state index is -0.255. The maximum absolute atomic E-state index is 13.2. The van der Waals surface area contributed by atoms with Crippen LogP contribution in [-0.4, -0.2) is 34.2 Å². The summed E-state index contributed by atoms with van der Waals surface area (Å²) in [5, 5.41) is 14.7. The number of fused-ring (bicyclic) bond motifs is 1. The molecule has 0 spiro atoms. The van der Waals surface area contributed by atoms with E-state index in [0.29, 0.717) is 23.5 Å². The van der Waals surface area contributed by atoms with E-state index in [-0.39, 0.29) is 29.8 Å². The normalized spacial score (nSPS) is 11.3. The van der Waals surface area contributed by atoms with Crippen LogP contribution >= 0.6 is 39.9 Å². The fourth-order valence-corrected chi connectivity index (χ4v) is 2.84. The highest BCUT2D eigenvalue weighted by molar-refractivity contribution is 14.0. The smallest absolute Gasteiger partial charge is 0.191 e. The summed E-state index contributed by atoms with van der Waals surface area (Å²) in [6, 6.07) is 10.8.